The van der Waals surface area contributed by atoms with Gasteiger partial charge in [-0.25, -0.2) is 4.39 Å². The molecule has 0 spiro atoms. The van der Waals surface area contributed by atoms with E-state index in [4.69, 9.17) is 5.11 Å². The lowest BCUT2D eigenvalue weighted by molar-refractivity contribution is 0.0788. The maximum atomic E-state index is 13.9. The van der Waals surface area contributed by atoms with Gasteiger partial charge in [-0.05, 0) is 18.9 Å². The summed E-state index contributed by atoms with van der Waals surface area (Å²) in [5.41, 5.74) is 0.985. The molecule has 0 saturated carbocycles. The third kappa shape index (κ3) is 3.40. The zero-order valence-electron chi connectivity index (χ0n) is 10.8. The lowest BCUT2D eigenvalue weighted by atomic mass is 10.1. The highest BCUT2D eigenvalue weighted by molar-refractivity contribution is 5.52. The van der Waals surface area contributed by atoms with E-state index in [1.54, 1.807) is 0 Å². The quantitative estimate of drug-likeness (QED) is 0.886. The standard InChI is InChI=1S/C15H20FNO/c1-13(9-14-5-3-2-4-6-14)10-17-8-7-15(16,11-17)12-18/h2-6,9,18H,7-8,10-12H2,1H3/b13-9+. The van der Waals surface area contributed by atoms with Crippen molar-refractivity contribution in [1.82, 2.24) is 4.90 Å². The zero-order chi connectivity index (χ0) is 13.0. The first-order chi connectivity index (χ1) is 8.61. The van der Waals surface area contributed by atoms with Gasteiger partial charge in [0, 0.05) is 19.6 Å². The van der Waals surface area contributed by atoms with Crippen LogP contribution in [0.1, 0.15) is 18.9 Å². The van der Waals surface area contributed by atoms with E-state index >= 15 is 0 Å². The molecule has 1 unspecified atom stereocenters. The predicted octanol–water partition coefficient (Wildman–Crippen LogP) is 2.50. The van der Waals surface area contributed by atoms with Gasteiger partial charge in [-0.2, -0.15) is 0 Å². The summed E-state index contributed by atoms with van der Waals surface area (Å²) < 4.78 is 13.9. The van der Waals surface area contributed by atoms with Crippen LogP contribution in [0.5, 0.6) is 0 Å². The lowest BCUT2D eigenvalue weighted by Crippen LogP contribution is -2.33. The summed E-state index contributed by atoms with van der Waals surface area (Å²) in [6.07, 6.45) is 2.55. The van der Waals surface area contributed by atoms with E-state index in [1.807, 2.05) is 18.2 Å². The van der Waals surface area contributed by atoms with Crippen LogP contribution in [-0.2, 0) is 0 Å². The van der Waals surface area contributed by atoms with Crippen molar-refractivity contribution in [1.29, 1.82) is 0 Å². The van der Waals surface area contributed by atoms with Gasteiger partial charge in [-0.1, -0.05) is 42.0 Å². The molecule has 1 saturated heterocycles. The number of aliphatic hydroxyl groups excluding tert-OH is 1. The second-order valence-corrected chi connectivity index (χ2v) is 5.17. The van der Waals surface area contributed by atoms with E-state index in [1.165, 1.54) is 11.1 Å². The number of aliphatic hydroxyl groups is 1. The average Bonchev–Trinajstić information content (AvgIpc) is 2.73. The van der Waals surface area contributed by atoms with E-state index in [-0.39, 0.29) is 6.61 Å². The van der Waals surface area contributed by atoms with Crippen LogP contribution in [0.2, 0.25) is 0 Å². The minimum atomic E-state index is -1.40. The molecule has 1 aromatic rings. The summed E-state index contributed by atoms with van der Waals surface area (Å²) in [4.78, 5) is 2.06. The van der Waals surface area contributed by atoms with Gasteiger partial charge in [0.2, 0.25) is 0 Å². The Morgan fingerprint density at radius 2 is 2.17 bits per heavy atom. The van der Waals surface area contributed by atoms with Gasteiger partial charge in [-0.15, -0.1) is 0 Å². The van der Waals surface area contributed by atoms with Crippen molar-refractivity contribution in [3.63, 3.8) is 0 Å². The van der Waals surface area contributed by atoms with Gasteiger partial charge in [0.05, 0.1) is 6.61 Å². The monoisotopic (exact) mass is 249 g/mol. The van der Waals surface area contributed by atoms with E-state index < -0.39 is 5.67 Å². The Morgan fingerprint density at radius 1 is 1.44 bits per heavy atom. The molecule has 3 heteroatoms. The number of benzene rings is 1. The van der Waals surface area contributed by atoms with Crippen molar-refractivity contribution in [2.45, 2.75) is 19.0 Å². The smallest absolute Gasteiger partial charge is 0.147 e. The Morgan fingerprint density at radius 3 is 2.78 bits per heavy atom. The SMILES string of the molecule is C/C(=C\c1ccccc1)CN1CCC(F)(CO)C1. The molecule has 0 amide bonds. The summed E-state index contributed by atoms with van der Waals surface area (Å²) in [7, 11) is 0. The van der Waals surface area contributed by atoms with Crippen LogP contribution in [-0.4, -0.2) is 41.9 Å². The van der Waals surface area contributed by atoms with Gasteiger partial charge < -0.3 is 5.11 Å². The molecule has 2 nitrogen and oxygen atoms in total. The van der Waals surface area contributed by atoms with Gasteiger partial charge >= 0.3 is 0 Å². The molecular weight excluding hydrogens is 229 g/mol. The Balaban J connectivity index is 1.93. The minimum Gasteiger partial charge on any atom is -0.393 e. The molecule has 1 N–H and O–H groups in total. The zero-order valence-corrected chi connectivity index (χ0v) is 10.8. The molecule has 1 aliphatic rings. The third-order valence-corrected chi connectivity index (χ3v) is 3.35. The molecule has 1 heterocycles. The summed E-state index contributed by atoms with van der Waals surface area (Å²) >= 11 is 0. The van der Waals surface area contributed by atoms with Crippen molar-refractivity contribution in [3.05, 3.63) is 41.5 Å². The summed E-state index contributed by atoms with van der Waals surface area (Å²) in [5, 5.41) is 9.00. The summed E-state index contributed by atoms with van der Waals surface area (Å²) in [5.74, 6) is 0. The molecule has 2 rings (SSSR count). The molecule has 1 fully saturated rings. The highest BCUT2D eigenvalue weighted by atomic mass is 19.1. The Hall–Kier alpha value is -1.19. The van der Waals surface area contributed by atoms with Crippen LogP contribution < -0.4 is 0 Å². The van der Waals surface area contributed by atoms with Gasteiger partial charge in [0.15, 0.2) is 0 Å². The number of likely N-dealkylation sites (tertiary alicyclic amines) is 1. The molecule has 0 radical (unpaired) electrons. The van der Waals surface area contributed by atoms with E-state index in [0.717, 1.165) is 13.1 Å². The van der Waals surface area contributed by atoms with Crippen LogP contribution in [0.25, 0.3) is 6.08 Å². The first-order valence-corrected chi connectivity index (χ1v) is 6.36. The molecule has 0 bridgehead atoms. The summed E-state index contributed by atoms with van der Waals surface area (Å²) in [6.45, 7) is 3.51. The molecular formula is C15H20FNO. The van der Waals surface area contributed by atoms with Crippen molar-refractivity contribution < 1.29 is 9.50 Å². The molecule has 98 valence electrons. The number of rotatable bonds is 4. The van der Waals surface area contributed by atoms with Crippen LogP contribution >= 0.6 is 0 Å². The van der Waals surface area contributed by atoms with Gasteiger partial charge in [0.25, 0.3) is 0 Å². The van der Waals surface area contributed by atoms with E-state index in [0.29, 0.717) is 13.0 Å². The Bertz CT molecular complexity index is 418. The largest absolute Gasteiger partial charge is 0.393 e. The maximum absolute atomic E-state index is 13.9. The van der Waals surface area contributed by atoms with Gasteiger partial charge in [-0.3, -0.25) is 4.90 Å². The average molecular weight is 249 g/mol. The van der Waals surface area contributed by atoms with Crippen LogP contribution in [0, 0.1) is 0 Å². The second kappa shape index (κ2) is 5.63. The van der Waals surface area contributed by atoms with Crippen molar-refractivity contribution in [3.8, 4) is 0 Å². The van der Waals surface area contributed by atoms with Crippen molar-refractivity contribution in [2.75, 3.05) is 26.2 Å². The van der Waals surface area contributed by atoms with E-state index in [9.17, 15) is 4.39 Å². The number of halogens is 1. The number of hydrogen-bond donors (Lipinski definition) is 1. The highest BCUT2D eigenvalue weighted by Gasteiger charge is 2.37. The van der Waals surface area contributed by atoms with Crippen LogP contribution in [0.15, 0.2) is 35.9 Å². The fraction of sp³-hybridized carbons (Fsp3) is 0.467. The fourth-order valence-corrected chi connectivity index (χ4v) is 2.41. The normalized spacial score (nSPS) is 25.6. The molecule has 0 aromatic heterocycles. The topological polar surface area (TPSA) is 23.5 Å². The highest BCUT2D eigenvalue weighted by Crippen LogP contribution is 2.25. The Kier molecular flexibility index (Phi) is 4.15. The number of alkyl halides is 1. The molecule has 1 aromatic carbocycles. The minimum absolute atomic E-state index is 0.337. The second-order valence-electron chi connectivity index (χ2n) is 5.17. The predicted molar refractivity (Wildman–Crippen MR) is 72.1 cm³/mol. The Labute approximate surface area is 108 Å². The molecule has 1 aliphatic heterocycles. The number of hydrogen-bond acceptors (Lipinski definition) is 2. The molecule has 1 atom stereocenters. The maximum Gasteiger partial charge on any atom is 0.147 e. The molecule has 0 aliphatic carbocycles. The molecule has 18 heavy (non-hydrogen) atoms. The van der Waals surface area contributed by atoms with Crippen LogP contribution in [0.3, 0.4) is 0 Å². The lowest BCUT2D eigenvalue weighted by Gasteiger charge is -2.19. The van der Waals surface area contributed by atoms with Crippen LogP contribution in [0.4, 0.5) is 4.39 Å². The van der Waals surface area contributed by atoms with Gasteiger partial charge in [0.1, 0.15) is 5.67 Å². The third-order valence-electron chi connectivity index (χ3n) is 3.35. The van der Waals surface area contributed by atoms with E-state index in [2.05, 4.69) is 30.0 Å². The van der Waals surface area contributed by atoms with Crippen molar-refractivity contribution in [2.24, 2.45) is 0 Å². The fourth-order valence-electron chi connectivity index (χ4n) is 2.41. The van der Waals surface area contributed by atoms with Crippen molar-refractivity contribution >= 4 is 6.08 Å². The number of nitrogens with zero attached hydrogens (tertiary/aromatic N) is 1. The first kappa shape index (κ1) is 13.2. The first-order valence-electron chi connectivity index (χ1n) is 6.36. The summed E-state index contributed by atoms with van der Waals surface area (Å²) in [6, 6.07) is 10.1.